The van der Waals surface area contributed by atoms with E-state index in [-0.39, 0.29) is 28.6 Å². The number of benzene rings is 1. The van der Waals surface area contributed by atoms with Crippen molar-refractivity contribution < 1.29 is 14.8 Å². The number of nitrogens with one attached hydrogen (secondary N) is 1. The Kier molecular flexibility index (Phi) is 4.34. The maximum atomic E-state index is 11.0. The predicted octanol–water partition coefficient (Wildman–Crippen LogP) is 2.95. The summed E-state index contributed by atoms with van der Waals surface area (Å²) in [5.41, 5.74) is 0.327. The zero-order chi connectivity index (χ0) is 15.4. The van der Waals surface area contributed by atoms with E-state index in [1.807, 2.05) is 0 Å². The summed E-state index contributed by atoms with van der Waals surface area (Å²) in [5, 5.41) is 22.6. The first-order chi connectivity index (χ1) is 10.0. The van der Waals surface area contributed by atoms with Crippen molar-refractivity contribution in [3.8, 4) is 0 Å². The molecule has 108 valence electrons. The monoisotopic (exact) mass is 307 g/mol. The van der Waals surface area contributed by atoms with Crippen molar-refractivity contribution in [1.29, 1.82) is 0 Å². The molecule has 2 rings (SSSR count). The Balaban J connectivity index is 2.23. The molecule has 2 aromatic rings. The lowest BCUT2D eigenvalue weighted by atomic mass is 10.2. The highest BCUT2D eigenvalue weighted by molar-refractivity contribution is 6.35. The Morgan fingerprint density at radius 1 is 1.38 bits per heavy atom. The van der Waals surface area contributed by atoms with Crippen molar-refractivity contribution in [3.63, 3.8) is 0 Å². The van der Waals surface area contributed by atoms with E-state index in [4.69, 9.17) is 16.7 Å². The van der Waals surface area contributed by atoms with E-state index >= 15 is 0 Å². The molecule has 0 atom stereocenters. The summed E-state index contributed by atoms with van der Waals surface area (Å²) >= 11 is 5.93. The fraction of sp³-hybridized carbons (Fsp3) is 0.0769. The number of nitrogens with zero attached hydrogens (tertiary/aromatic N) is 2. The van der Waals surface area contributed by atoms with Gasteiger partial charge in [0.1, 0.15) is 5.82 Å². The van der Waals surface area contributed by atoms with Gasteiger partial charge in [-0.1, -0.05) is 29.8 Å². The van der Waals surface area contributed by atoms with Crippen LogP contribution < -0.4 is 5.32 Å². The van der Waals surface area contributed by atoms with Gasteiger partial charge in [0, 0.05) is 24.4 Å². The number of hydrogen-bond acceptors (Lipinski definition) is 5. The molecule has 0 aliphatic carbocycles. The smallest absolute Gasteiger partial charge is 0.337 e. The van der Waals surface area contributed by atoms with E-state index in [9.17, 15) is 14.9 Å². The van der Waals surface area contributed by atoms with Crippen LogP contribution in [0.5, 0.6) is 0 Å². The van der Waals surface area contributed by atoms with Crippen LogP contribution in [0.25, 0.3) is 0 Å². The molecular weight excluding hydrogens is 298 g/mol. The highest BCUT2D eigenvalue weighted by atomic mass is 35.5. The van der Waals surface area contributed by atoms with Crippen LogP contribution in [0, 0.1) is 10.1 Å². The summed E-state index contributed by atoms with van der Waals surface area (Å²) in [4.78, 5) is 25.3. The molecule has 0 spiro atoms. The first kappa shape index (κ1) is 14.7. The molecule has 0 amide bonds. The fourth-order valence-electron chi connectivity index (χ4n) is 1.75. The number of carboxylic acid groups (broad SMARTS) is 1. The third-order valence-electron chi connectivity index (χ3n) is 2.75. The number of aromatic carboxylic acids is 1. The Hall–Kier alpha value is -2.67. The molecule has 7 nitrogen and oxygen atoms in total. The molecule has 1 aromatic heterocycles. The van der Waals surface area contributed by atoms with Crippen LogP contribution in [-0.2, 0) is 6.54 Å². The van der Waals surface area contributed by atoms with Gasteiger partial charge < -0.3 is 10.4 Å². The Morgan fingerprint density at radius 2 is 2.10 bits per heavy atom. The third-order valence-corrected chi connectivity index (χ3v) is 3.14. The molecule has 1 aromatic carbocycles. The largest absolute Gasteiger partial charge is 0.478 e. The third kappa shape index (κ3) is 3.26. The van der Waals surface area contributed by atoms with Crippen molar-refractivity contribution >= 4 is 29.1 Å². The molecule has 0 aliphatic rings. The molecule has 0 aliphatic heterocycles. The van der Waals surface area contributed by atoms with Crippen molar-refractivity contribution in [2.75, 3.05) is 5.32 Å². The van der Waals surface area contributed by atoms with E-state index in [0.717, 1.165) is 0 Å². The number of hydrogen-bond donors (Lipinski definition) is 2. The second-order valence-electron chi connectivity index (χ2n) is 4.07. The molecule has 0 unspecified atom stereocenters. The van der Waals surface area contributed by atoms with Gasteiger partial charge in [-0.2, -0.15) is 0 Å². The van der Waals surface area contributed by atoms with Crippen LogP contribution >= 0.6 is 11.6 Å². The molecule has 8 heteroatoms. The van der Waals surface area contributed by atoms with E-state index in [0.29, 0.717) is 5.56 Å². The van der Waals surface area contributed by atoms with Crippen LogP contribution in [-0.4, -0.2) is 21.0 Å². The van der Waals surface area contributed by atoms with Gasteiger partial charge in [0.15, 0.2) is 0 Å². The maximum absolute atomic E-state index is 11.0. The molecule has 0 fully saturated rings. The molecular formula is C13H10ClN3O4. The number of carbonyl (C=O) groups is 1. The highest BCUT2D eigenvalue weighted by Gasteiger charge is 2.15. The number of halogens is 1. The van der Waals surface area contributed by atoms with Gasteiger partial charge in [-0.3, -0.25) is 10.1 Å². The zero-order valence-corrected chi connectivity index (χ0v) is 11.4. The van der Waals surface area contributed by atoms with Crippen molar-refractivity contribution in [1.82, 2.24) is 4.98 Å². The van der Waals surface area contributed by atoms with Crippen LogP contribution in [0.15, 0.2) is 36.5 Å². The summed E-state index contributed by atoms with van der Waals surface area (Å²) < 4.78 is 0. The normalized spacial score (nSPS) is 10.1. The van der Waals surface area contributed by atoms with E-state index in [1.54, 1.807) is 18.2 Å². The van der Waals surface area contributed by atoms with Crippen molar-refractivity contribution in [2.45, 2.75) is 6.54 Å². The lowest BCUT2D eigenvalue weighted by Crippen LogP contribution is -2.07. The average Bonchev–Trinajstić information content (AvgIpc) is 2.46. The SMILES string of the molecule is O=C(O)c1ccnc(NCc2ccccc2[N+](=O)[O-])c1Cl. The Labute approximate surface area is 124 Å². The van der Waals surface area contributed by atoms with Crippen molar-refractivity contribution in [3.05, 3.63) is 62.8 Å². The molecule has 0 saturated carbocycles. The van der Waals surface area contributed by atoms with Crippen LogP contribution in [0.3, 0.4) is 0 Å². The molecule has 21 heavy (non-hydrogen) atoms. The lowest BCUT2D eigenvalue weighted by molar-refractivity contribution is -0.385. The minimum absolute atomic E-state index is 0.0319. The number of nitro groups is 1. The summed E-state index contributed by atoms with van der Waals surface area (Å²) in [6.07, 6.45) is 1.30. The van der Waals surface area contributed by atoms with Crippen LogP contribution in [0.1, 0.15) is 15.9 Å². The van der Waals surface area contributed by atoms with Gasteiger partial charge in [-0.05, 0) is 6.07 Å². The predicted molar refractivity (Wildman–Crippen MR) is 76.6 cm³/mol. The fourth-order valence-corrected chi connectivity index (χ4v) is 2.01. The number of para-hydroxylation sites is 1. The first-order valence-electron chi connectivity index (χ1n) is 5.84. The topological polar surface area (TPSA) is 105 Å². The second kappa shape index (κ2) is 6.19. The van der Waals surface area contributed by atoms with E-state index in [2.05, 4.69) is 10.3 Å². The Morgan fingerprint density at radius 3 is 2.76 bits per heavy atom. The molecule has 2 N–H and O–H groups in total. The minimum Gasteiger partial charge on any atom is -0.478 e. The Bertz CT molecular complexity index is 706. The van der Waals surface area contributed by atoms with Gasteiger partial charge in [-0.25, -0.2) is 9.78 Å². The summed E-state index contributed by atoms with van der Waals surface area (Å²) in [7, 11) is 0. The molecule has 1 heterocycles. The molecule has 0 saturated heterocycles. The summed E-state index contributed by atoms with van der Waals surface area (Å²) in [6.45, 7) is 0.104. The van der Waals surface area contributed by atoms with E-state index < -0.39 is 10.9 Å². The maximum Gasteiger partial charge on any atom is 0.337 e. The number of rotatable bonds is 5. The number of nitro benzene ring substituents is 1. The molecule has 0 radical (unpaired) electrons. The van der Waals surface area contributed by atoms with Crippen molar-refractivity contribution in [2.24, 2.45) is 0 Å². The summed E-state index contributed by atoms with van der Waals surface area (Å²) in [6, 6.07) is 7.51. The highest BCUT2D eigenvalue weighted by Crippen LogP contribution is 2.25. The molecule has 0 bridgehead atoms. The van der Waals surface area contributed by atoms with Gasteiger partial charge in [0.2, 0.25) is 0 Å². The zero-order valence-electron chi connectivity index (χ0n) is 10.6. The minimum atomic E-state index is -1.17. The van der Waals surface area contributed by atoms with Crippen LogP contribution in [0.4, 0.5) is 11.5 Å². The van der Waals surface area contributed by atoms with Gasteiger partial charge in [-0.15, -0.1) is 0 Å². The van der Waals surface area contributed by atoms with Gasteiger partial charge in [0.05, 0.1) is 15.5 Å². The van der Waals surface area contributed by atoms with E-state index in [1.165, 1.54) is 18.3 Å². The first-order valence-corrected chi connectivity index (χ1v) is 6.22. The quantitative estimate of drug-likeness (QED) is 0.650. The van der Waals surface area contributed by atoms with Gasteiger partial charge >= 0.3 is 5.97 Å². The summed E-state index contributed by atoms with van der Waals surface area (Å²) in [5.74, 6) is -1.01. The lowest BCUT2D eigenvalue weighted by Gasteiger charge is -2.09. The van der Waals surface area contributed by atoms with Gasteiger partial charge in [0.25, 0.3) is 5.69 Å². The van der Waals surface area contributed by atoms with Crippen LogP contribution in [0.2, 0.25) is 5.02 Å². The standard InChI is InChI=1S/C13H10ClN3O4/c14-11-9(13(18)19)5-6-15-12(11)16-7-8-3-1-2-4-10(8)17(20)21/h1-6H,7H2,(H,15,16)(H,18,19). The number of aromatic nitrogens is 1. The number of pyridine rings is 1. The second-order valence-corrected chi connectivity index (χ2v) is 4.44. The number of anilines is 1. The number of carboxylic acids is 1. The average molecular weight is 308 g/mol.